The largest absolute Gasteiger partial charge is 0.497 e. The van der Waals surface area contributed by atoms with Gasteiger partial charge in [-0.15, -0.1) is 0 Å². The van der Waals surface area contributed by atoms with Crippen molar-refractivity contribution in [2.75, 3.05) is 19.5 Å². The van der Waals surface area contributed by atoms with Gasteiger partial charge in [0.1, 0.15) is 11.5 Å². The second kappa shape index (κ2) is 6.47. The lowest BCUT2D eigenvalue weighted by Crippen LogP contribution is -2.21. The maximum Gasteiger partial charge on any atom is 0.306 e. The summed E-state index contributed by atoms with van der Waals surface area (Å²) in [6.07, 6.45) is 1.54. The van der Waals surface area contributed by atoms with Crippen LogP contribution in [0.15, 0.2) is 18.2 Å². The van der Waals surface area contributed by atoms with Gasteiger partial charge >= 0.3 is 5.97 Å². The molecule has 0 aliphatic heterocycles. The smallest absolute Gasteiger partial charge is 0.306 e. The summed E-state index contributed by atoms with van der Waals surface area (Å²) in [5, 5.41) is 11.8. The molecule has 0 aromatic heterocycles. The zero-order chi connectivity index (χ0) is 15.4. The van der Waals surface area contributed by atoms with Crippen molar-refractivity contribution in [3.63, 3.8) is 0 Å². The molecule has 0 heterocycles. The number of hydrogen-bond acceptors (Lipinski definition) is 4. The van der Waals surface area contributed by atoms with Gasteiger partial charge in [0, 0.05) is 29.8 Å². The molecule has 1 saturated carbocycles. The maximum atomic E-state index is 12.2. The minimum atomic E-state index is -0.826. The van der Waals surface area contributed by atoms with E-state index < -0.39 is 11.9 Å². The Hall–Kier alpha value is -2.24. The minimum absolute atomic E-state index is 0.158. The van der Waals surface area contributed by atoms with Crippen LogP contribution >= 0.6 is 0 Å². The van der Waals surface area contributed by atoms with Crippen molar-refractivity contribution in [3.05, 3.63) is 18.2 Å². The van der Waals surface area contributed by atoms with Gasteiger partial charge in [0.2, 0.25) is 5.91 Å². The van der Waals surface area contributed by atoms with Crippen LogP contribution in [-0.4, -0.2) is 31.2 Å². The molecular weight excluding hydrogens is 274 g/mol. The van der Waals surface area contributed by atoms with Gasteiger partial charge in [-0.1, -0.05) is 0 Å². The predicted octanol–water partition coefficient (Wildman–Crippen LogP) is 2.14. The molecule has 0 unspecified atom stereocenters. The van der Waals surface area contributed by atoms with E-state index in [1.807, 2.05) is 0 Å². The SMILES string of the molecule is COc1cc(NC(=O)[C@@H]2CC[C@H](C(=O)O)C2)cc(OC)c1. The second-order valence-corrected chi connectivity index (χ2v) is 5.14. The molecule has 2 N–H and O–H groups in total. The van der Waals surface area contributed by atoms with E-state index in [9.17, 15) is 9.59 Å². The Morgan fingerprint density at radius 3 is 2.14 bits per heavy atom. The molecule has 6 heteroatoms. The van der Waals surface area contributed by atoms with Crippen LogP contribution in [0.3, 0.4) is 0 Å². The lowest BCUT2D eigenvalue weighted by molar-refractivity contribution is -0.141. The van der Waals surface area contributed by atoms with Crippen LogP contribution in [0, 0.1) is 11.8 Å². The van der Waals surface area contributed by atoms with E-state index in [1.54, 1.807) is 18.2 Å². The molecule has 2 rings (SSSR count). The van der Waals surface area contributed by atoms with Gasteiger partial charge < -0.3 is 19.9 Å². The first-order valence-electron chi connectivity index (χ1n) is 6.80. The van der Waals surface area contributed by atoms with Gasteiger partial charge in [-0.05, 0) is 19.3 Å². The monoisotopic (exact) mass is 293 g/mol. The Kier molecular flexibility index (Phi) is 4.67. The number of anilines is 1. The highest BCUT2D eigenvalue weighted by molar-refractivity contribution is 5.93. The van der Waals surface area contributed by atoms with Crippen LogP contribution in [0.5, 0.6) is 11.5 Å². The summed E-state index contributed by atoms with van der Waals surface area (Å²) in [7, 11) is 3.07. The van der Waals surface area contributed by atoms with E-state index in [4.69, 9.17) is 14.6 Å². The van der Waals surface area contributed by atoms with Crippen LogP contribution < -0.4 is 14.8 Å². The fourth-order valence-corrected chi connectivity index (χ4v) is 2.57. The number of ether oxygens (including phenoxy) is 2. The lowest BCUT2D eigenvalue weighted by atomic mass is 10.0. The van der Waals surface area contributed by atoms with E-state index >= 15 is 0 Å². The Morgan fingerprint density at radius 1 is 1.10 bits per heavy atom. The van der Waals surface area contributed by atoms with E-state index in [2.05, 4.69) is 5.32 Å². The van der Waals surface area contributed by atoms with Crippen LogP contribution in [0.25, 0.3) is 0 Å². The highest BCUT2D eigenvalue weighted by atomic mass is 16.5. The number of amides is 1. The van der Waals surface area contributed by atoms with Gasteiger partial charge in [0.05, 0.1) is 20.1 Å². The van der Waals surface area contributed by atoms with Crippen molar-refractivity contribution in [1.29, 1.82) is 0 Å². The summed E-state index contributed by atoms with van der Waals surface area (Å²) >= 11 is 0. The summed E-state index contributed by atoms with van der Waals surface area (Å²) in [5.74, 6) is -0.495. The van der Waals surface area contributed by atoms with Gasteiger partial charge in [-0.2, -0.15) is 0 Å². The maximum absolute atomic E-state index is 12.2. The summed E-state index contributed by atoms with van der Waals surface area (Å²) in [4.78, 5) is 23.1. The summed E-state index contributed by atoms with van der Waals surface area (Å²) in [6.45, 7) is 0. The molecule has 1 aromatic carbocycles. The summed E-state index contributed by atoms with van der Waals surface area (Å²) in [6, 6.07) is 5.11. The number of nitrogens with one attached hydrogen (secondary N) is 1. The normalized spacial score (nSPS) is 20.9. The molecule has 1 aromatic rings. The van der Waals surface area contributed by atoms with E-state index in [1.165, 1.54) is 14.2 Å². The Bertz CT molecular complexity index is 521. The molecule has 6 nitrogen and oxygen atoms in total. The third-order valence-corrected chi connectivity index (χ3v) is 3.77. The van der Waals surface area contributed by atoms with E-state index in [0.717, 1.165) is 0 Å². The van der Waals surface area contributed by atoms with Crippen LogP contribution in [-0.2, 0) is 9.59 Å². The zero-order valence-corrected chi connectivity index (χ0v) is 12.1. The minimum Gasteiger partial charge on any atom is -0.497 e. The first kappa shape index (κ1) is 15.2. The lowest BCUT2D eigenvalue weighted by Gasteiger charge is -2.13. The second-order valence-electron chi connectivity index (χ2n) is 5.14. The highest BCUT2D eigenvalue weighted by Gasteiger charge is 2.33. The first-order valence-corrected chi connectivity index (χ1v) is 6.80. The number of rotatable bonds is 5. The van der Waals surface area contributed by atoms with Gasteiger partial charge in [-0.25, -0.2) is 0 Å². The van der Waals surface area contributed by atoms with Crippen LogP contribution in [0.2, 0.25) is 0 Å². The molecule has 0 bridgehead atoms. The highest BCUT2D eigenvalue weighted by Crippen LogP contribution is 2.33. The van der Waals surface area contributed by atoms with Crippen molar-refractivity contribution >= 4 is 17.6 Å². The Labute approximate surface area is 123 Å². The molecule has 1 aliphatic rings. The van der Waals surface area contributed by atoms with Crippen molar-refractivity contribution in [2.24, 2.45) is 11.8 Å². The standard InChI is InChI=1S/C15H19NO5/c1-20-12-6-11(7-13(8-12)21-2)16-14(17)9-3-4-10(5-9)15(18)19/h6-10H,3-5H2,1-2H3,(H,16,17)(H,18,19)/t9-,10+/m1/s1. The quantitative estimate of drug-likeness (QED) is 0.869. The molecule has 2 atom stereocenters. The molecule has 114 valence electrons. The average Bonchev–Trinajstić information content (AvgIpc) is 2.97. The number of benzene rings is 1. The van der Waals surface area contributed by atoms with Crippen molar-refractivity contribution in [3.8, 4) is 11.5 Å². The fourth-order valence-electron chi connectivity index (χ4n) is 2.57. The Morgan fingerprint density at radius 2 is 1.67 bits per heavy atom. The topological polar surface area (TPSA) is 84.9 Å². The number of carboxylic acid groups (broad SMARTS) is 1. The molecular formula is C15H19NO5. The van der Waals surface area contributed by atoms with Gasteiger partial charge in [0.15, 0.2) is 0 Å². The summed E-state index contributed by atoms with van der Waals surface area (Å²) < 4.78 is 10.3. The third kappa shape index (κ3) is 3.65. The number of carbonyl (C=O) groups excluding carboxylic acids is 1. The fraction of sp³-hybridized carbons (Fsp3) is 0.467. The van der Waals surface area contributed by atoms with Crippen molar-refractivity contribution < 1.29 is 24.2 Å². The van der Waals surface area contributed by atoms with Crippen LogP contribution in [0.1, 0.15) is 19.3 Å². The van der Waals surface area contributed by atoms with Crippen molar-refractivity contribution in [2.45, 2.75) is 19.3 Å². The number of aliphatic carboxylic acids is 1. The average molecular weight is 293 g/mol. The van der Waals surface area contributed by atoms with E-state index in [0.29, 0.717) is 36.4 Å². The molecule has 1 amide bonds. The molecule has 1 aliphatic carbocycles. The van der Waals surface area contributed by atoms with Crippen molar-refractivity contribution in [1.82, 2.24) is 0 Å². The first-order chi connectivity index (χ1) is 10.0. The van der Waals surface area contributed by atoms with Gasteiger partial charge in [0.25, 0.3) is 0 Å². The molecule has 0 spiro atoms. The number of carboxylic acids is 1. The van der Waals surface area contributed by atoms with E-state index in [-0.39, 0.29) is 11.8 Å². The Balaban J connectivity index is 2.04. The molecule has 0 radical (unpaired) electrons. The third-order valence-electron chi connectivity index (χ3n) is 3.77. The van der Waals surface area contributed by atoms with Crippen LogP contribution in [0.4, 0.5) is 5.69 Å². The number of carbonyl (C=O) groups is 2. The number of hydrogen-bond donors (Lipinski definition) is 2. The molecule has 1 fully saturated rings. The molecule has 21 heavy (non-hydrogen) atoms. The molecule has 0 saturated heterocycles. The summed E-state index contributed by atoms with van der Waals surface area (Å²) in [5.41, 5.74) is 0.579. The van der Waals surface area contributed by atoms with Gasteiger partial charge in [-0.3, -0.25) is 9.59 Å². The zero-order valence-electron chi connectivity index (χ0n) is 12.1. The number of methoxy groups -OCH3 is 2. The predicted molar refractivity (Wildman–Crippen MR) is 76.6 cm³/mol.